The first-order valence-corrected chi connectivity index (χ1v) is 33.7. The summed E-state index contributed by atoms with van der Waals surface area (Å²) in [6.07, 6.45) is 59.1. The van der Waals surface area contributed by atoms with Gasteiger partial charge in [-0.1, -0.05) is 313 Å². The van der Waals surface area contributed by atoms with Crippen LogP contribution in [0.25, 0.3) is 0 Å². The van der Waals surface area contributed by atoms with Gasteiger partial charge in [0.2, 0.25) is 0 Å². The van der Waals surface area contributed by atoms with Crippen LogP contribution in [-0.4, -0.2) is 53.0 Å². The van der Waals surface area contributed by atoms with E-state index in [1.165, 1.54) is 212 Å². The summed E-state index contributed by atoms with van der Waals surface area (Å²) >= 11 is 0. The van der Waals surface area contributed by atoms with E-state index < -0.39 is 17.9 Å². The fourth-order valence-electron chi connectivity index (χ4n) is 8.24. The van der Waals surface area contributed by atoms with E-state index in [2.05, 4.69) is 62.3 Å². The number of aliphatic hydroxyl groups excluding tert-OH is 3. The van der Waals surface area contributed by atoms with Gasteiger partial charge < -0.3 is 51.4 Å². The van der Waals surface area contributed by atoms with Crippen molar-refractivity contribution in [3.63, 3.8) is 0 Å². The minimum Gasteiger partial charge on any atom is -0.550 e. The summed E-state index contributed by atoms with van der Waals surface area (Å²) in [5.74, 6) is -0.125. The van der Waals surface area contributed by atoms with E-state index in [1.807, 2.05) is 20.3 Å². The van der Waals surface area contributed by atoms with Crippen LogP contribution in [-0.2, 0) is 57.8 Å². The van der Waals surface area contributed by atoms with E-state index in [0.29, 0.717) is 19.8 Å². The van der Waals surface area contributed by atoms with Crippen molar-refractivity contribution < 1.29 is 88.5 Å². The molecule has 0 fully saturated rings. The first kappa shape index (κ1) is 98.8. The van der Waals surface area contributed by atoms with Crippen molar-refractivity contribution in [2.24, 2.45) is 17.8 Å². The number of rotatable bonds is 51. The van der Waals surface area contributed by atoms with Gasteiger partial charge in [0.1, 0.15) is 0 Å². The minimum atomic E-state index is -0.904. The molecule has 80 heavy (non-hydrogen) atoms. The van der Waals surface area contributed by atoms with Crippen LogP contribution in [0.5, 0.6) is 0 Å². The van der Waals surface area contributed by atoms with Gasteiger partial charge in [-0.3, -0.25) is 0 Å². The second kappa shape index (κ2) is 97.8. The summed E-state index contributed by atoms with van der Waals surface area (Å²) < 4.78 is 0. The van der Waals surface area contributed by atoms with Crippen LogP contribution in [0.1, 0.15) is 384 Å². The van der Waals surface area contributed by atoms with Crippen LogP contribution in [0.3, 0.4) is 0 Å². The molecule has 0 unspecified atom stereocenters. The first-order valence-electron chi connectivity index (χ1n) is 33.7. The Balaban J connectivity index is -0.000000115. The Morgan fingerprint density at radius 1 is 0.300 bits per heavy atom. The van der Waals surface area contributed by atoms with Gasteiger partial charge in [0, 0.05) is 59.4 Å². The quantitative estimate of drug-likeness (QED) is 0.0303. The summed E-state index contributed by atoms with van der Waals surface area (Å²) in [6, 6.07) is 0. The zero-order valence-electron chi connectivity index (χ0n) is 55.7. The Morgan fingerprint density at radius 3 is 0.512 bits per heavy atom. The molecule has 9 nitrogen and oxygen atoms in total. The van der Waals surface area contributed by atoms with Gasteiger partial charge in [-0.2, -0.15) is 13.8 Å². The molecule has 0 bridgehead atoms. The molecule has 0 rings (SSSR count). The maximum Gasteiger partial charge on any atom is 3.00 e. The molecule has 3 N–H and O–H groups in total. The van der Waals surface area contributed by atoms with Crippen LogP contribution >= 0.6 is 0 Å². The molecule has 481 valence electrons. The number of aliphatic carboxylic acids is 3. The molecule has 0 aromatic carbocycles. The number of hydrogen-bond donors (Lipinski definition) is 3. The molecule has 11 heteroatoms. The van der Waals surface area contributed by atoms with E-state index in [1.54, 1.807) is 0 Å². The Hall–Kier alpha value is -0.281. The Labute approximate surface area is 531 Å². The number of carbonyl (C=O) groups is 3. The molecular weight excluding hydrogens is 1070 g/mol. The molecule has 0 heterocycles. The molecule has 0 saturated heterocycles. The molecule has 0 spiro atoms. The number of carboxylic acids is 3. The molecule has 1 radical (unpaired) electrons. The van der Waals surface area contributed by atoms with Gasteiger partial charge >= 0.3 is 21.7 Å². The molecule has 0 atom stereocenters. The van der Waals surface area contributed by atoms with E-state index in [-0.39, 0.29) is 62.7 Å². The molecule has 0 aromatic rings. The third-order valence-electron chi connectivity index (χ3n) is 13.3. The van der Waals surface area contributed by atoms with Gasteiger partial charge in [-0.15, -0.1) is 0 Å². The van der Waals surface area contributed by atoms with Crippen LogP contribution in [0.15, 0.2) is 0 Å². The SMILES string of the molecule is CC(C)CCCCCCCCCCCCCCC(=O)[O-].CC(C)CCCCCCCCCCCCCCC(=O)[O-].CC(C)CCCCCCCCCCCCCCC(=O)[O-].CCCCO.CCCCO.CCCCO.C[CH-]C.[Ti+3].[Ti]. The molecule has 0 aromatic heterocycles. The Kier molecular flexibility index (Phi) is 121. The fraction of sp³-hybridized carbons (Fsp3) is 0.942. The van der Waals surface area contributed by atoms with E-state index in [4.69, 9.17) is 15.3 Å². The van der Waals surface area contributed by atoms with Crippen molar-refractivity contribution in [3.8, 4) is 0 Å². The molecular formula is C69H142O9Ti2-. The van der Waals surface area contributed by atoms with Crippen molar-refractivity contribution in [2.45, 2.75) is 384 Å². The topological polar surface area (TPSA) is 181 Å². The zero-order valence-corrected chi connectivity index (χ0v) is 58.8. The number of hydrogen-bond acceptors (Lipinski definition) is 9. The molecule has 0 saturated carbocycles. The average Bonchev–Trinajstić information content (AvgIpc) is 3.38. The molecule has 0 aliphatic rings. The van der Waals surface area contributed by atoms with Crippen LogP contribution in [0.2, 0.25) is 0 Å². The standard InChI is InChI=1S/3C18H36O2.3C4H10O.C3H7.2Ti/c3*1-17(2)15-13-11-9-7-5-3-4-6-8-10-12-14-16-18(19)20;3*1-2-3-4-5;1-3-2;;/h3*17H,3-16H2,1-2H3,(H,19,20);3*5H,2-4H2,1H3;3H,1-2H3;;/q;;;;;;-1;;+3/p-3. The third kappa shape index (κ3) is 142. The van der Waals surface area contributed by atoms with Crippen molar-refractivity contribution in [2.75, 3.05) is 19.8 Å². The predicted octanol–water partition coefficient (Wildman–Crippen LogP) is 18.1. The van der Waals surface area contributed by atoms with Crippen molar-refractivity contribution >= 4 is 17.9 Å². The Morgan fingerprint density at radius 2 is 0.425 bits per heavy atom. The summed E-state index contributed by atoms with van der Waals surface area (Å²) in [6.45, 7) is 25.0. The van der Waals surface area contributed by atoms with Crippen molar-refractivity contribution in [3.05, 3.63) is 6.42 Å². The summed E-state index contributed by atoms with van der Waals surface area (Å²) in [5.41, 5.74) is 0. The van der Waals surface area contributed by atoms with Gasteiger partial charge in [0.25, 0.3) is 0 Å². The maximum absolute atomic E-state index is 10.2. The number of carbonyl (C=O) groups excluding carboxylic acids is 3. The fourth-order valence-corrected chi connectivity index (χ4v) is 8.24. The smallest absolute Gasteiger partial charge is 0.550 e. The molecule has 0 aliphatic heterocycles. The third-order valence-corrected chi connectivity index (χ3v) is 13.3. The maximum atomic E-state index is 10.2. The van der Waals surface area contributed by atoms with Crippen molar-refractivity contribution in [1.82, 2.24) is 0 Å². The molecule has 0 amide bonds. The second-order valence-electron chi connectivity index (χ2n) is 23.5. The predicted molar refractivity (Wildman–Crippen MR) is 335 cm³/mol. The monoisotopic (exact) mass is 1210 g/mol. The summed E-state index contributed by atoms with van der Waals surface area (Å²) in [5, 5.41) is 54.9. The largest absolute Gasteiger partial charge is 3.00 e. The van der Waals surface area contributed by atoms with Crippen LogP contribution < -0.4 is 15.3 Å². The number of carboxylic acid groups (broad SMARTS) is 3. The van der Waals surface area contributed by atoms with Gasteiger partial charge in [0.05, 0.1) is 0 Å². The van der Waals surface area contributed by atoms with Crippen molar-refractivity contribution in [1.29, 1.82) is 0 Å². The molecule has 0 aliphatic carbocycles. The summed E-state index contributed by atoms with van der Waals surface area (Å²) in [4.78, 5) is 30.7. The van der Waals surface area contributed by atoms with Gasteiger partial charge in [0.15, 0.2) is 0 Å². The first-order chi connectivity index (χ1) is 37.5. The van der Waals surface area contributed by atoms with E-state index in [9.17, 15) is 29.7 Å². The van der Waals surface area contributed by atoms with E-state index in [0.717, 1.165) is 94.8 Å². The zero-order chi connectivity index (χ0) is 60.2. The minimum absolute atomic E-state index is 0. The number of aliphatic hydroxyl groups is 3. The Bertz CT molecular complexity index is 902. The van der Waals surface area contributed by atoms with E-state index >= 15 is 0 Å². The normalized spacial score (nSPS) is 10.2. The summed E-state index contributed by atoms with van der Waals surface area (Å²) in [7, 11) is 0. The van der Waals surface area contributed by atoms with Gasteiger partial charge in [-0.25, -0.2) is 0 Å². The van der Waals surface area contributed by atoms with Crippen LogP contribution in [0, 0.1) is 24.2 Å². The second-order valence-corrected chi connectivity index (χ2v) is 23.5. The van der Waals surface area contributed by atoms with Gasteiger partial charge in [-0.05, 0) is 75.5 Å². The number of unbranched alkanes of at least 4 members (excludes halogenated alkanes) is 36. The average molecular weight is 1210 g/mol. The van der Waals surface area contributed by atoms with Crippen LogP contribution in [0.4, 0.5) is 0 Å².